The van der Waals surface area contributed by atoms with E-state index in [0.29, 0.717) is 18.8 Å². The topological polar surface area (TPSA) is 93.1 Å². The number of aliphatic hydroxyl groups excluding tert-OH is 2. The molecule has 0 amide bonds. The Labute approximate surface area is 172 Å². The van der Waals surface area contributed by atoms with E-state index in [9.17, 15) is 19.8 Å². The molecule has 0 aromatic heterocycles. The molecule has 3 fully saturated rings. The van der Waals surface area contributed by atoms with Gasteiger partial charge in [-0.3, -0.25) is 9.59 Å². The summed E-state index contributed by atoms with van der Waals surface area (Å²) in [5.41, 5.74) is 0.841. The van der Waals surface area contributed by atoms with Gasteiger partial charge in [0.1, 0.15) is 12.2 Å². The van der Waals surface area contributed by atoms with Crippen LogP contribution < -0.4 is 0 Å². The van der Waals surface area contributed by atoms with E-state index < -0.39 is 18.3 Å². The molecule has 6 heteroatoms. The van der Waals surface area contributed by atoms with Gasteiger partial charge in [-0.25, -0.2) is 0 Å². The van der Waals surface area contributed by atoms with Crippen molar-refractivity contribution in [2.45, 2.75) is 90.6 Å². The number of carbonyl (C=O) groups is 2. The van der Waals surface area contributed by atoms with Crippen LogP contribution >= 0.6 is 0 Å². The fourth-order valence-electron chi connectivity index (χ4n) is 7.24. The fourth-order valence-corrected chi connectivity index (χ4v) is 7.24. The van der Waals surface area contributed by atoms with Crippen LogP contribution in [0.1, 0.15) is 66.2 Å². The van der Waals surface area contributed by atoms with Gasteiger partial charge in [0.25, 0.3) is 0 Å². The zero-order valence-electron chi connectivity index (χ0n) is 17.9. The number of fused-ring (bicyclic) bond motifs is 5. The quantitative estimate of drug-likeness (QED) is 0.541. The normalized spacial score (nSPS) is 48.6. The van der Waals surface area contributed by atoms with Gasteiger partial charge in [0.2, 0.25) is 0 Å². The predicted octanol–water partition coefficient (Wildman–Crippen LogP) is 2.75. The average Bonchev–Trinajstić information content (AvgIpc) is 2.87. The SMILES string of the molecule is CC(=O)OC1C[C@H]2[C@@H]3[C@@H](O)C=C4C[C@@H](OC(C)=O)CC[C@]4(C)[C@H]3CC[C@]2(C)[C@H]1O. The Morgan fingerprint density at radius 2 is 1.72 bits per heavy atom. The summed E-state index contributed by atoms with van der Waals surface area (Å²) >= 11 is 0. The standard InChI is InChI=1S/C23H34O6/c1-12(24)28-15-5-7-22(3)14(9-15)10-18(26)20-16(22)6-8-23(4)17(20)11-19(21(23)27)29-13(2)25/h10,15-21,26-27H,5-9,11H2,1-4H3/t15-,16-,17-,18-,19?,20+,21-,22-,23-/m0/s1. The number of hydrogen-bond donors (Lipinski definition) is 2. The van der Waals surface area contributed by atoms with E-state index >= 15 is 0 Å². The lowest BCUT2D eigenvalue weighted by atomic mass is 9.47. The second-order valence-corrected chi connectivity index (χ2v) is 10.2. The summed E-state index contributed by atoms with van der Waals surface area (Å²) in [5.74, 6) is -0.148. The van der Waals surface area contributed by atoms with Crippen LogP contribution in [0.4, 0.5) is 0 Å². The van der Waals surface area contributed by atoms with Crippen molar-refractivity contribution < 1.29 is 29.3 Å². The number of aliphatic hydroxyl groups is 2. The number of rotatable bonds is 2. The highest BCUT2D eigenvalue weighted by atomic mass is 16.6. The van der Waals surface area contributed by atoms with E-state index in [-0.39, 0.29) is 40.7 Å². The smallest absolute Gasteiger partial charge is 0.302 e. The molecular formula is C23H34O6. The zero-order chi connectivity index (χ0) is 21.1. The first kappa shape index (κ1) is 20.9. The summed E-state index contributed by atoms with van der Waals surface area (Å²) in [4.78, 5) is 22.9. The molecule has 4 aliphatic carbocycles. The van der Waals surface area contributed by atoms with E-state index in [1.165, 1.54) is 19.4 Å². The van der Waals surface area contributed by atoms with Crippen molar-refractivity contribution in [2.75, 3.05) is 0 Å². The van der Waals surface area contributed by atoms with Gasteiger partial charge in [-0.1, -0.05) is 25.5 Å². The van der Waals surface area contributed by atoms with Crippen molar-refractivity contribution in [1.29, 1.82) is 0 Å². The van der Waals surface area contributed by atoms with E-state index in [1.54, 1.807) is 0 Å². The predicted molar refractivity (Wildman–Crippen MR) is 106 cm³/mol. The first-order valence-electron chi connectivity index (χ1n) is 11.0. The van der Waals surface area contributed by atoms with Crippen LogP contribution in [0.25, 0.3) is 0 Å². The van der Waals surface area contributed by atoms with Gasteiger partial charge < -0.3 is 19.7 Å². The molecule has 0 spiro atoms. The Kier molecular flexibility index (Phi) is 5.10. The van der Waals surface area contributed by atoms with Gasteiger partial charge in [-0.2, -0.15) is 0 Å². The molecule has 4 aliphatic rings. The number of ether oxygens (including phenoxy) is 2. The van der Waals surface area contributed by atoms with Gasteiger partial charge in [0.15, 0.2) is 0 Å². The minimum absolute atomic E-state index is 0.0215. The molecule has 162 valence electrons. The molecule has 0 saturated heterocycles. The molecule has 0 aromatic rings. The third-order valence-electron chi connectivity index (χ3n) is 8.69. The highest BCUT2D eigenvalue weighted by Crippen LogP contribution is 2.65. The molecule has 2 N–H and O–H groups in total. The monoisotopic (exact) mass is 406 g/mol. The maximum atomic E-state index is 11.5. The molecule has 9 atom stereocenters. The zero-order valence-corrected chi connectivity index (χ0v) is 17.9. The van der Waals surface area contributed by atoms with Crippen molar-refractivity contribution in [3.8, 4) is 0 Å². The minimum atomic E-state index is -0.692. The Bertz CT molecular complexity index is 731. The molecule has 3 saturated carbocycles. The van der Waals surface area contributed by atoms with Crippen LogP contribution in [0.2, 0.25) is 0 Å². The first-order valence-corrected chi connectivity index (χ1v) is 11.0. The lowest BCUT2D eigenvalue weighted by molar-refractivity contribution is -0.155. The van der Waals surface area contributed by atoms with Crippen molar-refractivity contribution in [3.05, 3.63) is 11.6 Å². The molecule has 0 heterocycles. The summed E-state index contributed by atoms with van der Waals surface area (Å²) in [6.07, 6.45) is 4.98. The first-order chi connectivity index (χ1) is 13.6. The molecular weight excluding hydrogens is 372 g/mol. The van der Waals surface area contributed by atoms with Crippen molar-refractivity contribution in [1.82, 2.24) is 0 Å². The third kappa shape index (κ3) is 3.23. The van der Waals surface area contributed by atoms with Gasteiger partial charge in [-0.05, 0) is 55.3 Å². The Hall–Kier alpha value is -1.40. The molecule has 0 aromatic carbocycles. The molecule has 6 nitrogen and oxygen atoms in total. The number of esters is 2. The van der Waals surface area contributed by atoms with Crippen LogP contribution in [-0.2, 0) is 19.1 Å². The maximum absolute atomic E-state index is 11.5. The van der Waals surface area contributed by atoms with Gasteiger partial charge >= 0.3 is 11.9 Å². The molecule has 0 radical (unpaired) electrons. The van der Waals surface area contributed by atoms with Crippen LogP contribution in [0.3, 0.4) is 0 Å². The van der Waals surface area contributed by atoms with E-state index in [0.717, 1.165) is 25.7 Å². The van der Waals surface area contributed by atoms with Crippen molar-refractivity contribution in [3.63, 3.8) is 0 Å². The lowest BCUT2D eigenvalue weighted by Crippen LogP contribution is -2.55. The fraction of sp³-hybridized carbons (Fsp3) is 0.826. The van der Waals surface area contributed by atoms with Crippen molar-refractivity contribution in [2.24, 2.45) is 28.6 Å². The Morgan fingerprint density at radius 3 is 2.38 bits per heavy atom. The molecule has 0 aliphatic heterocycles. The minimum Gasteiger partial charge on any atom is -0.462 e. The summed E-state index contributed by atoms with van der Waals surface area (Å²) < 4.78 is 10.9. The van der Waals surface area contributed by atoms with Crippen LogP contribution in [0.15, 0.2) is 11.6 Å². The summed E-state index contributed by atoms with van der Waals surface area (Å²) in [6.45, 7) is 7.21. The highest BCUT2D eigenvalue weighted by Gasteiger charge is 2.63. The molecule has 29 heavy (non-hydrogen) atoms. The van der Waals surface area contributed by atoms with E-state index in [4.69, 9.17) is 9.47 Å². The average molecular weight is 407 g/mol. The number of carbonyl (C=O) groups excluding carboxylic acids is 2. The van der Waals surface area contributed by atoms with Gasteiger partial charge in [0, 0.05) is 25.7 Å². The second-order valence-electron chi connectivity index (χ2n) is 10.2. The summed E-state index contributed by atoms with van der Waals surface area (Å²) in [7, 11) is 0. The third-order valence-corrected chi connectivity index (χ3v) is 8.69. The summed E-state index contributed by atoms with van der Waals surface area (Å²) in [6, 6.07) is 0. The van der Waals surface area contributed by atoms with E-state index in [1.807, 2.05) is 6.08 Å². The van der Waals surface area contributed by atoms with Gasteiger partial charge in [-0.15, -0.1) is 0 Å². The number of hydrogen-bond acceptors (Lipinski definition) is 6. The summed E-state index contributed by atoms with van der Waals surface area (Å²) in [5, 5.41) is 22.1. The van der Waals surface area contributed by atoms with Crippen LogP contribution in [0.5, 0.6) is 0 Å². The van der Waals surface area contributed by atoms with E-state index in [2.05, 4.69) is 13.8 Å². The Morgan fingerprint density at radius 1 is 1.03 bits per heavy atom. The highest BCUT2D eigenvalue weighted by molar-refractivity contribution is 5.66. The second kappa shape index (κ2) is 7.09. The van der Waals surface area contributed by atoms with Crippen LogP contribution in [-0.4, -0.2) is 46.6 Å². The maximum Gasteiger partial charge on any atom is 0.302 e. The molecule has 0 bridgehead atoms. The molecule has 4 rings (SSSR count). The van der Waals surface area contributed by atoms with Crippen molar-refractivity contribution >= 4 is 11.9 Å². The Balaban J connectivity index is 1.63. The van der Waals surface area contributed by atoms with Gasteiger partial charge in [0.05, 0.1) is 12.2 Å². The lowest BCUT2D eigenvalue weighted by Gasteiger charge is -2.58. The molecule has 1 unspecified atom stereocenters. The largest absolute Gasteiger partial charge is 0.462 e. The van der Waals surface area contributed by atoms with Crippen LogP contribution in [0, 0.1) is 28.6 Å².